The Kier molecular flexibility index (Phi) is 7.18. The van der Waals surface area contributed by atoms with Gasteiger partial charge in [0.15, 0.2) is 5.54 Å². The van der Waals surface area contributed by atoms with E-state index < -0.39 is 5.54 Å². The highest BCUT2D eigenvalue weighted by Crippen LogP contribution is 2.41. The van der Waals surface area contributed by atoms with Gasteiger partial charge < -0.3 is 10.2 Å². The molecule has 2 aromatic heterocycles. The van der Waals surface area contributed by atoms with Crippen LogP contribution in [0.4, 0.5) is 4.79 Å². The molecule has 0 unspecified atom stereocenters. The maximum Gasteiger partial charge on any atom is 0.325 e. The van der Waals surface area contributed by atoms with Gasteiger partial charge in [0.2, 0.25) is 5.91 Å². The van der Waals surface area contributed by atoms with Crippen molar-refractivity contribution in [3.63, 3.8) is 0 Å². The minimum absolute atomic E-state index is 0.0892. The van der Waals surface area contributed by atoms with E-state index in [9.17, 15) is 14.4 Å². The number of carbonyl (C=O) groups is 3. The fourth-order valence-electron chi connectivity index (χ4n) is 6.11. The van der Waals surface area contributed by atoms with Crippen LogP contribution in [0.25, 0.3) is 0 Å². The van der Waals surface area contributed by atoms with Crippen LogP contribution in [0.15, 0.2) is 42.0 Å². The molecule has 7 nitrogen and oxygen atoms in total. The third-order valence-corrected chi connectivity index (χ3v) is 8.99. The molecule has 5 rings (SSSR count). The van der Waals surface area contributed by atoms with Crippen LogP contribution in [-0.4, -0.2) is 52.3 Å². The molecular weight excluding hydrogens is 460 g/mol. The highest BCUT2D eigenvalue weighted by molar-refractivity contribution is 7.09. The highest BCUT2D eigenvalue weighted by Gasteiger charge is 2.57. The first-order chi connectivity index (χ1) is 17.1. The van der Waals surface area contributed by atoms with Crippen LogP contribution in [0.2, 0.25) is 0 Å². The van der Waals surface area contributed by atoms with Crippen molar-refractivity contribution < 1.29 is 14.4 Å². The summed E-state index contributed by atoms with van der Waals surface area (Å²) in [4.78, 5) is 48.7. The van der Waals surface area contributed by atoms with Gasteiger partial charge in [0.05, 0.1) is 0 Å². The average molecular weight is 495 g/mol. The van der Waals surface area contributed by atoms with Crippen molar-refractivity contribution in [2.24, 2.45) is 11.8 Å². The Hall–Kier alpha value is -2.74. The molecule has 4 amide bonds. The van der Waals surface area contributed by atoms with Crippen LogP contribution >= 0.6 is 11.3 Å². The van der Waals surface area contributed by atoms with Gasteiger partial charge in [-0.1, -0.05) is 31.4 Å². The maximum absolute atomic E-state index is 13.9. The predicted molar refractivity (Wildman–Crippen MR) is 135 cm³/mol. The lowest BCUT2D eigenvalue weighted by Gasteiger charge is -2.41. The number of pyridine rings is 1. The molecule has 0 spiro atoms. The lowest BCUT2D eigenvalue weighted by molar-refractivity contribution is -0.137. The molecule has 0 radical (unpaired) electrons. The summed E-state index contributed by atoms with van der Waals surface area (Å²) >= 11 is 1.63. The quantitative estimate of drug-likeness (QED) is 0.581. The number of imide groups is 1. The van der Waals surface area contributed by atoms with Crippen molar-refractivity contribution in [3.05, 3.63) is 52.5 Å². The van der Waals surface area contributed by atoms with Crippen LogP contribution < -0.4 is 5.32 Å². The Balaban J connectivity index is 1.30. The summed E-state index contributed by atoms with van der Waals surface area (Å²) in [7, 11) is 0. The molecule has 2 saturated heterocycles. The molecule has 1 aliphatic carbocycles. The van der Waals surface area contributed by atoms with Gasteiger partial charge in [-0.25, -0.2) is 4.79 Å². The van der Waals surface area contributed by atoms with Crippen molar-refractivity contribution in [1.82, 2.24) is 20.1 Å². The van der Waals surface area contributed by atoms with Crippen molar-refractivity contribution in [1.29, 1.82) is 0 Å². The van der Waals surface area contributed by atoms with Gasteiger partial charge in [0.25, 0.3) is 5.91 Å². The third kappa shape index (κ3) is 4.85. The first-order valence-electron chi connectivity index (χ1n) is 12.9. The van der Waals surface area contributed by atoms with Crippen LogP contribution in [-0.2, 0) is 21.5 Å². The number of nitrogens with one attached hydrogen (secondary N) is 1. The van der Waals surface area contributed by atoms with Gasteiger partial charge >= 0.3 is 6.03 Å². The van der Waals surface area contributed by atoms with E-state index in [2.05, 4.69) is 10.3 Å². The fourth-order valence-corrected chi connectivity index (χ4v) is 6.81. The number of hydrogen-bond acceptors (Lipinski definition) is 5. The first-order valence-corrected chi connectivity index (χ1v) is 13.8. The van der Waals surface area contributed by atoms with E-state index in [4.69, 9.17) is 0 Å². The summed E-state index contributed by atoms with van der Waals surface area (Å²) in [6.45, 7) is 1.60. The average Bonchev–Trinajstić information content (AvgIpc) is 3.50. The van der Waals surface area contributed by atoms with Gasteiger partial charge in [-0.2, -0.15) is 0 Å². The Labute approximate surface area is 210 Å². The molecule has 186 valence electrons. The van der Waals surface area contributed by atoms with E-state index in [1.807, 2.05) is 34.5 Å². The minimum atomic E-state index is -1.13. The van der Waals surface area contributed by atoms with Gasteiger partial charge in [0, 0.05) is 48.9 Å². The number of urea groups is 1. The summed E-state index contributed by atoms with van der Waals surface area (Å²) < 4.78 is 0. The molecule has 3 aliphatic rings. The van der Waals surface area contributed by atoms with Gasteiger partial charge in [-0.3, -0.25) is 19.5 Å². The van der Waals surface area contributed by atoms with E-state index >= 15 is 0 Å². The van der Waals surface area contributed by atoms with E-state index in [1.165, 1.54) is 24.2 Å². The standard InChI is InChI=1S/C27H34N4O3S/c32-24(18-20-6-2-1-3-7-20)30-14-10-21(11-15-30)27(22-8-4-13-28-19-22)25(33)31(26(34)29-27)16-12-23-9-5-17-35-23/h4-5,8-9,13,17,19-21H,1-3,6-7,10-12,14-16,18H2,(H,29,34)/t27-/m1/s1. The molecular formula is C27H34N4O3S. The molecule has 1 saturated carbocycles. The molecule has 1 atom stereocenters. The number of likely N-dealkylation sites (tertiary alicyclic amines) is 1. The molecule has 4 heterocycles. The largest absolute Gasteiger partial charge is 0.343 e. The number of nitrogens with zero attached hydrogens (tertiary/aromatic N) is 3. The lowest BCUT2D eigenvalue weighted by Crippen LogP contribution is -2.54. The van der Waals surface area contributed by atoms with Crippen molar-refractivity contribution in [2.45, 2.75) is 63.3 Å². The Morgan fingerprint density at radius 1 is 1.09 bits per heavy atom. The van der Waals surface area contributed by atoms with Crippen LogP contribution in [0.5, 0.6) is 0 Å². The number of amides is 4. The van der Waals surface area contributed by atoms with Gasteiger partial charge in [-0.05, 0) is 61.5 Å². The summed E-state index contributed by atoms with van der Waals surface area (Å²) in [5.74, 6) is 0.473. The topological polar surface area (TPSA) is 82.6 Å². The summed E-state index contributed by atoms with van der Waals surface area (Å²) in [5, 5.41) is 5.09. The second-order valence-electron chi connectivity index (χ2n) is 10.1. The second-order valence-corrected chi connectivity index (χ2v) is 11.2. The number of hydrogen-bond donors (Lipinski definition) is 1. The molecule has 35 heavy (non-hydrogen) atoms. The maximum atomic E-state index is 13.9. The minimum Gasteiger partial charge on any atom is -0.343 e. The van der Waals surface area contributed by atoms with Crippen molar-refractivity contribution in [2.75, 3.05) is 19.6 Å². The fraction of sp³-hybridized carbons (Fsp3) is 0.556. The third-order valence-electron chi connectivity index (χ3n) is 8.06. The monoisotopic (exact) mass is 494 g/mol. The zero-order chi connectivity index (χ0) is 24.3. The molecule has 8 heteroatoms. The Morgan fingerprint density at radius 2 is 1.89 bits per heavy atom. The number of thiophene rings is 1. The van der Waals surface area contributed by atoms with E-state index in [-0.39, 0.29) is 23.8 Å². The molecule has 2 aliphatic heterocycles. The van der Waals surface area contributed by atoms with Gasteiger partial charge in [0.1, 0.15) is 0 Å². The zero-order valence-electron chi connectivity index (χ0n) is 20.2. The van der Waals surface area contributed by atoms with Crippen LogP contribution in [0.3, 0.4) is 0 Å². The van der Waals surface area contributed by atoms with Crippen LogP contribution in [0.1, 0.15) is 61.8 Å². The predicted octanol–water partition coefficient (Wildman–Crippen LogP) is 4.34. The highest BCUT2D eigenvalue weighted by atomic mass is 32.1. The zero-order valence-corrected chi connectivity index (χ0v) is 21.0. The molecule has 3 fully saturated rings. The summed E-state index contributed by atoms with van der Waals surface area (Å²) in [6, 6.07) is 7.36. The second kappa shape index (κ2) is 10.5. The number of carbonyl (C=O) groups excluding carboxylic acids is 3. The summed E-state index contributed by atoms with van der Waals surface area (Å²) in [5.41, 5.74) is -0.400. The van der Waals surface area contributed by atoms with E-state index in [0.29, 0.717) is 51.2 Å². The number of rotatable bonds is 7. The van der Waals surface area contributed by atoms with Crippen molar-refractivity contribution in [3.8, 4) is 0 Å². The Bertz CT molecular complexity index is 1030. The molecule has 1 N–H and O–H groups in total. The van der Waals surface area contributed by atoms with E-state index in [1.54, 1.807) is 23.7 Å². The SMILES string of the molecule is O=C(CC1CCCCC1)N1CCC([C@]2(c3cccnc3)NC(=O)N(CCc3cccs3)C2=O)CC1. The summed E-state index contributed by atoms with van der Waals surface area (Å²) in [6.07, 6.45) is 12.1. The first kappa shape index (κ1) is 24.0. The van der Waals surface area contributed by atoms with E-state index in [0.717, 1.165) is 23.3 Å². The van der Waals surface area contributed by atoms with Crippen molar-refractivity contribution >= 4 is 29.2 Å². The van der Waals surface area contributed by atoms with Gasteiger partial charge in [-0.15, -0.1) is 11.3 Å². The molecule has 0 bridgehead atoms. The number of aromatic nitrogens is 1. The molecule has 2 aromatic rings. The lowest BCUT2D eigenvalue weighted by atomic mass is 9.73. The smallest absolute Gasteiger partial charge is 0.325 e. The Morgan fingerprint density at radius 3 is 2.57 bits per heavy atom. The number of piperidine rings is 1. The van der Waals surface area contributed by atoms with Crippen LogP contribution in [0, 0.1) is 11.8 Å². The molecule has 0 aromatic carbocycles. The normalized spacial score (nSPS) is 24.1.